The van der Waals surface area contributed by atoms with Gasteiger partial charge in [-0.15, -0.1) is 0 Å². The highest BCUT2D eigenvalue weighted by Gasteiger charge is 2.13. The lowest BCUT2D eigenvalue weighted by Crippen LogP contribution is -2.00. The summed E-state index contributed by atoms with van der Waals surface area (Å²) >= 11 is 0. The number of pyridine rings is 1. The number of aromatic nitrogens is 3. The molecule has 0 fully saturated rings. The summed E-state index contributed by atoms with van der Waals surface area (Å²) in [6.07, 6.45) is 4.47. The van der Waals surface area contributed by atoms with Gasteiger partial charge >= 0.3 is 0 Å². The zero-order valence-corrected chi connectivity index (χ0v) is 11.2. The molecule has 3 aromatic rings. The largest absolute Gasteiger partial charge is 0.396 e. The first-order valence-electron chi connectivity index (χ1n) is 6.56. The SMILES string of the molecule is CCCn1c(-c2ccc(F)c(N)c2)nc2cnccc21. The van der Waals surface area contributed by atoms with Gasteiger partial charge in [-0.25, -0.2) is 9.37 Å². The van der Waals surface area contributed by atoms with Gasteiger partial charge in [0.2, 0.25) is 0 Å². The molecule has 0 amide bonds. The molecule has 0 saturated heterocycles. The van der Waals surface area contributed by atoms with E-state index in [9.17, 15) is 4.39 Å². The van der Waals surface area contributed by atoms with E-state index >= 15 is 0 Å². The van der Waals surface area contributed by atoms with Crippen molar-refractivity contribution in [1.82, 2.24) is 14.5 Å². The molecule has 0 bridgehead atoms. The number of fused-ring (bicyclic) bond motifs is 1. The molecule has 3 rings (SSSR count). The average molecular weight is 270 g/mol. The maximum atomic E-state index is 13.3. The molecule has 0 aliphatic carbocycles. The van der Waals surface area contributed by atoms with Gasteiger partial charge in [0.05, 0.1) is 17.4 Å². The lowest BCUT2D eigenvalue weighted by atomic mass is 10.2. The molecule has 2 heterocycles. The number of rotatable bonds is 3. The highest BCUT2D eigenvalue weighted by Crippen LogP contribution is 2.26. The van der Waals surface area contributed by atoms with Gasteiger partial charge < -0.3 is 10.3 Å². The van der Waals surface area contributed by atoms with Crippen LogP contribution in [-0.4, -0.2) is 14.5 Å². The molecule has 102 valence electrons. The second kappa shape index (κ2) is 4.92. The second-order valence-electron chi connectivity index (χ2n) is 4.69. The molecule has 2 aromatic heterocycles. The zero-order valence-electron chi connectivity index (χ0n) is 11.2. The monoisotopic (exact) mass is 270 g/mol. The fourth-order valence-electron chi connectivity index (χ4n) is 2.33. The van der Waals surface area contributed by atoms with Crippen LogP contribution >= 0.6 is 0 Å². The molecular formula is C15H15FN4. The number of halogens is 1. The van der Waals surface area contributed by atoms with Crippen molar-refractivity contribution in [2.24, 2.45) is 0 Å². The molecule has 0 aliphatic rings. The summed E-state index contributed by atoms with van der Waals surface area (Å²) in [6.45, 7) is 2.95. The van der Waals surface area contributed by atoms with Crippen molar-refractivity contribution in [3.8, 4) is 11.4 Å². The summed E-state index contributed by atoms with van der Waals surface area (Å²) in [5.41, 5.74) is 8.46. The van der Waals surface area contributed by atoms with E-state index in [0.29, 0.717) is 0 Å². The van der Waals surface area contributed by atoms with Gasteiger partial charge in [0, 0.05) is 18.3 Å². The third-order valence-electron chi connectivity index (χ3n) is 3.25. The van der Waals surface area contributed by atoms with Crippen LogP contribution in [-0.2, 0) is 6.54 Å². The molecule has 0 spiro atoms. The van der Waals surface area contributed by atoms with Gasteiger partial charge in [0.15, 0.2) is 0 Å². The summed E-state index contributed by atoms with van der Waals surface area (Å²) in [5, 5.41) is 0. The minimum Gasteiger partial charge on any atom is -0.396 e. The summed E-state index contributed by atoms with van der Waals surface area (Å²) in [5.74, 6) is 0.384. The first-order valence-corrected chi connectivity index (χ1v) is 6.56. The summed E-state index contributed by atoms with van der Waals surface area (Å²) in [6, 6.07) is 6.63. The number of aryl methyl sites for hydroxylation is 1. The van der Waals surface area contributed by atoms with Crippen LogP contribution in [0.5, 0.6) is 0 Å². The second-order valence-corrected chi connectivity index (χ2v) is 4.69. The van der Waals surface area contributed by atoms with Gasteiger partial charge in [-0.2, -0.15) is 0 Å². The molecule has 2 N–H and O–H groups in total. The van der Waals surface area contributed by atoms with Crippen LogP contribution < -0.4 is 5.73 Å². The first kappa shape index (κ1) is 12.6. The van der Waals surface area contributed by atoms with E-state index in [1.54, 1.807) is 24.5 Å². The van der Waals surface area contributed by atoms with Crippen molar-refractivity contribution in [3.63, 3.8) is 0 Å². The van der Waals surface area contributed by atoms with E-state index in [2.05, 4.69) is 21.5 Å². The fraction of sp³-hybridized carbons (Fsp3) is 0.200. The van der Waals surface area contributed by atoms with Crippen molar-refractivity contribution >= 4 is 16.7 Å². The molecule has 0 unspecified atom stereocenters. The highest BCUT2D eigenvalue weighted by molar-refractivity contribution is 5.80. The Morgan fingerprint density at radius 1 is 1.30 bits per heavy atom. The third-order valence-corrected chi connectivity index (χ3v) is 3.25. The van der Waals surface area contributed by atoms with Crippen molar-refractivity contribution in [1.29, 1.82) is 0 Å². The topological polar surface area (TPSA) is 56.7 Å². The van der Waals surface area contributed by atoms with Gasteiger partial charge in [0.1, 0.15) is 17.2 Å². The van der Waals surface area contributed by atoms with Crippen LogP contribution in [0.4, 0.5) is 10.1 Å². The summed E-state index contributed by atoms with van der Waals surface area (Å²) in [7, 11) is 0. The Kier molecular flexibility index (Phi) is 3.10. The normalized spacial score (nSPS) is 11.1. The average Bonchev–Trinajstić information content (AvgIpc) is 2.82. The fourth-order valence-corrected chi connectivity index (χ4v) is 2.33. The Morgan fingerprint density at radius 2 is 2.15 bits per heavy atom. The van der Waals surface area contributed by atoms with Gasteiger partial charge in [-0.3, -0.25) is 4.98 Å². The van der Waals surface area contributed by atoms with E-state index in [-0.39, 0.29) is 5.69 Å². The maximum absolute atomic E-state index is 13.3. The van der Waals surface area contributed by atoms with E-state index in [1.165, 1.54) is 6.07 Å². The van der Waals surface area contributed by atoms with Gasteiger partial charge in [-0.1, -0.05) is 6.92 Å². The van der Waals surface area contributed by atoms with Crippen LogP contribution in [0.15, 0.2) is 36.7 Å². The Hall–Kier alpha value is -2.43. The van der Waals surface area contributed by atoms with E-state index in [1.807, 2.05) is 6.07 Å². The first-order chi connectivity index (χ1) is 9.70. The molecule has 5 heteroatoms. The smallest absolute Gasteiger partial charge is 0.146 e. The number of anilines is 1. The van der Waals surface area contributed by atoms with Crippen LogP contribution in [0.3, 0.4) is 0 Å². The third kappa shape index (κ3) is 2.01. The minimum absolute atomic E-state index is 0.135. The lowest BCUT2D eigenvalue weighted by Gasteiger charge is -2.08. The quantitative estimate of drug-likeness (QED) is 0.743. The number of hydrogen-bond donors (Lipinski definition) is 1. The van der Waals surface area contributed by atoms with Gasteiger partial charge in [-0.05, 0) is 30.7 Å². The van der Waals surface area contributed by atoms with Crippen LogP contribution in [0.1, 0.15) is 13.3 Å². The minimum atomic E-state index is -0.409. The molecule has 20 heavy (non-hydrogen) atoms. The number of nitrogens with zero attached hydrogens (tertiary/aromatic N) is 3. The Balaban J connectivity index is 2.23. The van der Waals surface area contributed by atoms with Crippen LogP contribution in [0, 0.1) is 5.82 Å². The van der Waals surface area contributed by atoms with Gasteiger partial charge in [0.25, 0.3) is 0 Å². The van der Waals surface area contributed by atoms with E-state index in [4.69, 9.17) is 5.73 Å². The Labute approximate surface area is 116 Å². The van der Waals surface area contributed by atoms with E-state index in [0.717, 1.165) is 35.4 Å². The van der Waals surface area contributed by atoms with Crippen molar-refractivity contribution in [2.45, 2.75) is 19.9 Å². The number of benzene rings is 1. The Morgan fingerprint density at radius 3 is 2.90 bits per heavy atom. The number of nitrogen functional groups attached to an aromatic ring is 1. The molecule has 0 radical (unpaired) electrons. The lowest BCUT2D eigenvalue weighted by molar-refractivity contribution is 0.632. The molecule has 0 aliphatic heterocycles. The van der Waals surface area contributed by atoms with Crippen LogP contribution in [0.25, 0.3) is 22.4 Å². The standard InChI is InChI=1S/C15H15FN4/c1-2-7-20-14-5-6-18-9-13(14)19-15(20)10-3-4-11(16)12(17)8-10/h3-6,8-9H,2,7,17H2,1H3. The molecule has 0 saturated carbocycles. The van der Waals surface area contributed by atoms with Crippen molar-refractivity contribution in [2.75, 3.05) is 5.73 Å². The molecule has 4 nitrogen and oxygen atoms in total. The molecular weight excluding hydrogens is 255 g/mol. The predicted octanol–water partition coefficient (Wildman–Crippen LogP) is 3.23. The summed E-state index contributed by atoms with van der Waals surface area (Å²) < 4.78 is 15.4. The molecule has 1 aromatic carbocycles. The predicted molar refractivity (Wildman–Crippen MR) is 77.6 cm³/mol. The summed E-state index contributed by atoms with van der Waals surface area (Å²) in [4.78, 5) is 8.69. The maximum Gasteiger partial charge on any atom is 0.146 e. The van der Waals surface area contributed by atoms with Crippen molar-refractivity contribution in [3.05, 3.63) is 42.5 Å². The Bertz CT molecular complexity index is 764. The zero-order chi connectivity index (χ0) is 14.1. The number of imidazole rings is 1. The number of hydrogen-bond acceptors (Lipinski definition) is 3. The van der Waals surface area contributed by atoms with Crippen LogP contribution in [0.2, 0.25) is 0 Å². The van der Waals surface area contributed by atoms with E-state index < -0.39 is 5.82 Å². The molecule has 0 atom stereocenters. The number of nitrogens with two attached hydrogens (primary N) is 1. The highest BCUT2D eigenvalue weighted by atomic mass is 19.1. The van der Waals surface area contributed by atoms with Crippen molar-refractivity contribution < 1.29 is 4.39 Å².